The molecule has 2 aliphatic rings. The third-order valence-corrected chi connectivity index (χ3v) is 5.25. The topological polar surface area (TPSA) is 108 Å². The summed E-state index contributed by atoms with van der Waals surface area (Å²) in [6.45, 7) is 11.5. The summed E-state index contributed by atoms with van der Waals surface area (Å²) in [5, 5.41) is 6.53. The monoisotopic (exact) mass is 416 g/mol. The van der Waals surface area contributed by atoms with E-state index < -0.39 is 0 Å². The number of fused-ring (bicyclic) bond motifs is 2. The van der Waals surface area contributed by atoms with E-state index in [1.807, 2.05) is 0 Å². The summed E-state index contributed by atoms with van der Waals surface area (Å²) < 4.78 is 11.7. The average Bonchev–Trinajstić information content (AvgIpc) is 3.04. The maximum Gasteiger partial charge on any atom is 0.248 e. The normalized spacial score (nSPS) is 20.6. The highest BCUT2D eigenvalue weighted by Gasteiger charge is 2.21. The summed E-state index contributed by atoms with van der Waals surface area (Å²) >= 11 is 0. The smallest absolute Gasteiger partial charge is 0.248 e. The molecule has 2 aliphatic heterocycles. The van der Waals surface area contributed by atoms with E-state index in [1.54, 1.807) is 12.1 Å². The lowest BCUT2D eigenvalue weighted by molar-refractivity contribution is 0.155. The predicted octanol–water partition coefficient (Wildman–Crippen LogP) is 1.76. The Bertz CT molecular complexity index is 873. The van der Waals surface area contributed by atoms with Gasteiger partial charge in [-0.25, -0.2) is 0 Å². The zero-order valence-electron chi connectivity index (χ0n) is 18.1. The highest BCUT2D eigenvalue weighted by molar-refractivity contribution is 5.28. The molecule has 2 aromatic rings. The first kappa shape index (κ1) is 22.1. The third-order valence-electron chi connectivity index (χ3n) is 5.25. The van der Waals surface area contributed by atoms with Crippen LogP contribution < -0.4 is 31.2 Å². The second kappa shape index (κ2) is 9.95. The van der Waals surface area contributed by atoms with Gasteiger partial charge in [0.25, 0.3) is 0 Å². The zero-order valence-corrected chi connectivity index (χ0v) is 18.1. The lowest BCUT2D eigenvalue weighted by Crippen LogP contribution is -2.32. The molecule has 0 saturated carbocycles. The van der Waals surface area contributed by atoms with Crippen molar-refractivity contribution in [2.75, 3.05) is 13.1 Å². The lowest BCUT2D eigenvalue weighted by Gasteiger charge is -2.20. The molecule has 164 valence electrons. The number of pyridine rings is 2. The Hall–Kier alpha value is -2.58. The van der Waals surface area contributed by atoms with Crippen LogP contribution >= 0.6 is 0 Å². The molecular weight excluding hydrogens is 384 g/mol. The van der Waals surface area contributed by atoms with Gasteiger partial charge < -0.3 is 30.1 Å². The van der Waals surface area contributed by atoms with Crippen molar-refractivity contribution in [1.29, 1.82) is 0 Å². The predicted molar refractivity (Wildman–Crippen MR) is 116 cm³/mol. The fraction of sp³-hybridized carbons (Fsp3) is 0.545. The molecule has 0 aliphatic carbocycles. The summed E-state index contributed by atoms with van der Waals surface area (Å²) in [6, 6.07) is 6.50. The zero-order chi connectivity index (χ0) is 21.7. The van der Waals surface area contributed by atoms with Gasteiger partial charge in [-0.05, 0) is 24.0 Å². The fourth-order valence-electron chi connectivity index (χ4n) is 3.32. The van der Waals surface area contributed by atoms with Crippen molar-refractivity contribution >= 4 is 0 Å². The van der Waals surface area contributed by atoms with Crippen LogP contribution in [-0.2, 0) is 13.1 Å². The Morgan fingerprint density at radius 2 is 1.13 bits per heavy atom. The van der Waals surface area contributed by atoms with Gasteiger partial charge in [0.1, 0.15) is 23.7 Å². The van der Waals surface area contributed by atoms with E-state index >= 15 is 0 Å². The van der Waals surface area contributed by atoms with Crippen LogP contribution in [0.5, 0.6) is 11.5 Å². The number of aromatic nitrogens is 2. The van der Waals surface area contributed by atoms with Gasteiger partial charge in [0, 0.05) is 38.3 Å². The third kappa shape index (κ3) is 5.73. The number of hydrogen-bond acceptors (Lipinski definition) is 6. The standard InChI is InChI=1S/2C11H16N2O2/c2*1-7(2)10-6-12-5-8-9(15-10)3-4-11(14)13-8/h2*3-4,7,10,12H,5-6H2,1-2H3,(H,13,14)/t2*10-/m10/s1. The van der Waals surface area contributed by atoms with Gasteiger partial charge in [-0.1, -0.05) is 27.7 Å². The molecule has 8 heteroatoms. The van der Waals surface area contributed by atoms with Crippen LogP contribution in [0.15, 0.2) is 33.9 Å². The van der Waals surface area contributed by atoms with E-state index in [1.165, 1.54) is 12.1 Å². The summed E-state index contributed by atoms with van der Waals surface area (Å²) in [5.74, 6) is 2.49. The van der Waals surface area contributed by atoms with Crippen LogP contribution in [0.2, 0.25) is 0 Å². The van der Waals surface area contributed by atoms with Crippen LogP contribution in [0, 0.1) is 11.8 Å². The number of ether oxygens (including phenoxy) is 2. The Morgan fingerprint density at radius 3 is 1.50 bits per heavy atom. The molecule has 0 amide bonds. The maximum absolute atomic E-state index is 11.1. The molecule has 8 nitrogen and oxygen atoms in total. The van der Waals surface area contributed by atoms with Crippen molar-refractivity contribution in [3.8, 4) is 11.5 Å². The van der Waals surface area contributed by atoms with Crippen molar-refractivity contribution in [3.63, 3.8) is 0 Å². The lowest BCUT2D eigenvalue weighted by atomic mass is 10.1. The van der Waals surface area contributed by atoms with Crippen molar-refractivity contribution < 1.29 is 9.47 Å². The average molecular weight is 417 g/mol. The number of hydrogen-bond donors (Lipinski definition) is 4. The summed E-state index contributed by atoms with van der Waals surface area (Å²) in [6.07, 6.45) is 0.328. The minimum atomic E-state index is -0.0813. The van der Waals surface area contributed by atoms with E-state index in [2.05, 4.69) is 48.3 Å². The highest BCUT2D eigenvalue weighted by Crippen LogP contribution is 2.21. The van der Waals surface area contributed by atoms with E-state index in [0.717, 1.165) is 36.0 Å². The molecule has 0 bridgehead atoms. The van der Waals surface area contributed by atoms with Gasteiger partial charge in [0.2, 0.25) is 11.1 Å². The second-order valence-electron chi connectivity index (χ2n) is 8.39. The molecule has 0 fully saturated rings. The van der Waals surface area contributed by atoms with Crippen LogP contribution in [0.4, 0.5) is 0 Å². The van der Waals surface area contributed by atoms with Gasteiger partial charge in [-0.2, -0.15) is 0 Å². The van der Waals surface area contributed by atoms with Gasteiger partial charge in [-0.15, -0.1) is 0 Å². The molecule has 4 N–H and O–H groups in total. The molecule has 0 unspecified atom stereocenters. The Morgan fingerprint density at radius 1 is 0.733 bits per heavy atom. The first-order chi connectivity index (χ1) is 14.3. The highest BCUT2D eigenvalue weighted by atomic mass is 16.5. The van der Waals surface area contributed by atoms with Gasteiger partial charge in [-0.3, -0.25) is 9.59 Å². The Balaban J connectivity index is 0.000000171. The van der Waals surface area contributed by atoms with Crippen molar-refractivity contribution in [1.82, 2.24) is 20.6 Å². The summed E-state index contributed by atoms with van der Waals surface area (Å²) in [4.78, 5) is 27.8. The SMILES string of the molecule is CC(C)[C@@H]1CNCc2[nH]c(=O)ccc2O1.CC(C)[C@H]1CNCc2[nH]c(=O)ccc2O1. The molecule has 2 aromatic heterocycles. The largest absolute Gasteiger partial charge is 0.487 e. The number of rotatable bonds is 2. The van der Waals surface area contributed by atoms with E-state index in [4.69, 9.17) is 9.47 Å². The van der Waals surface area contributed by atoms with Crippen LogP contribution in [0.1, 0.15) is 39.1 Å². The van der Waals surface area contributed by atoms with Gasteiger partial charge in [0.05, 0.1) is 11.4 Å². The molecule has 2 atom stereocenters. The minimum absolute atomic E-state index is 0.0813. The Labute approximate surface area is 176 Å². The first-order valence-corrected chi connectivity index (χ1v) is 10.5. The summed E-state index contributed by atoms with van der Waals surface area (Å²) in [7, 11) is 0. The van der Waals surface area contributed by atoms with Crippen LogP contribution in [0.25, 0.3) is 0 Å². The van der Waals surface area contributed by atoms with Crippen molar-refractivity contribution in [3.05, 3.63) is 56.4 Å². The quantitative estimate of drug-likeness (QED) is 0.594. The van der Waals surface area contributed by atoms with Gasteiger partial charge in [0.15, 0.2) is 0 Å². The molecular formula is C22H32N4O4. The molecule has 0 radical (unpaired) electrons. The van der Waals surface area contributed by atoms with E-state index in [-0.39, 0.29) is 23.3 Å². The van der Waals surface area contributed by atoms with Crippen LogP contribution in [-0.4, -0.2) is 35.3 Å². The number of aromatic amines is 2. The molecule has 0 saturated heterocycles. The van der Waals surface area contributed by atoms with Crippen molar-refractivity contribution in [2.24, 2.45) is 11.8 Å². The molecule has 4 rings (SSSR count). The maximum atomic E-state index is 11.1. The molecule has 4 heterocycles. The molecule has 0 spiro atoms. The minimum Gasteiger partial charge on any atom is -0.487 e. The summed E-state index contributed by atoms with van der Waals surface area (Å²) in [5.41, 5.74) is 1.51. The van der Waals surface area contributed by atoms with Crippen molar-refractivity contribution in [2.45, 2.75) is 53.0 Å². The number of H-pyrrole nitrogens is 2. The van der Waals surface area contributed by atoms with Crippen LogP contribution in [0.3, 0.4) is 0 Å². The van der Waals surface area contributed by atoms with E-state index in [0.29, 0.717) is 24.9 Å². The Kier molecular flexibility index (Phi) is 7.33. The first-order valence-electron chi connectivity index (χ1n) is 10.5. The second-order valence-corrected chi connectivity index (χ2v) is 8.39. The van der Waals surface area contributed by atoms with E-state index in [9.17, 15) is 9.59 Å². The number of nitrogens with one attached hydrogen (secondary N) is 4. The van der Waals surface area contributed by atoms with Gasteiger partial charge >= 0.3 is 0 Å². The molecule has 30 heavy (non-hydrogen) atoms. The fourth-order valence-corrected chi connectivity index (χ4v) is 3.32. The molecule has 0 aromatic carbocycles.